The molecule has 1 aliphatic rings. The zero-order chi connectivity index (χ0) is 13.0. The molecule has 2 N–H and O–H groups in total. The van der Waals surface area contributed by atoms with Crippen LogP contribution in [0.15, 0.2) is 0 Å². The fraction of sp³-hybridized carbons (Fsp3) is 0.923. The van der Waals surface area contributed by atoms with Gasteiger partial charge in [0, 0.05) is 12.1 Å². The lowest BCUT2D eigenvalue weighted by Crippen LogP contribution is -2.51. The van der Waals surface area contributed by atoms with Gasteiger partial charge in [-0.25, -0.2) is 0 Å². The summed E-state index contributed by atoms with van der Waals surface area (Å²) in [6, 6.07) is 0.492. The van der Waals surface area contributed by atoms with Crippen LogP contribution < -0.4 is 5.32 Å². The van der Waals surface area contributed by atoms with E-state index in [0.717, 1.165) is 19.4 Å². The SMILES string of the molecule is CC(C)CC(NC1CCN(C)C(C)C1)C(=O)O. The Morgan fingerprint density at radius 3 is 2.65 bits per heavy atom. The van der Waals surface area contributed by atoms with Crippen LogP contribution in [0.1, 0.15) is 40.0 Å². The molecule has 1 rings (SSSR count). The Hall–Kier alpha value is -0.610. The summed E-state index contributed by atoms with van der Waals surface area (Å²) in [5.41, 5.74) is 0. The van der Waals surface area contributed by atoms with E-state index in [-0.39, 0.29) is 0 Å². The summed E-state index contributed by atoms with van der Waals surface area (Å²) in [5.74, 6) is -0.308. The topological polar surface area (TPSA) is 52.6 Å². The monoisotopic (exact) mass is 242 g/mol. The van der Waals surface area contributed by atoms with Crippen molar-refractivity contribution in [3.8, 4) is 0 Å². The van der Waals surface area contributed by atoms with Gasteiger partial charge in [0.05, 0.1) is 0 Å². The van der Waals surface area contributed by atoms with E-state index >= 15 is 0 Å². The highest BCUT2D eigenvalue weighted by atomic mass is 16.4. The van der Waals surface area contributed by atoms with E-state index in [1.165, 1.54) is 0 Å². The minimum absolute atomic E-state index is 0.348. The van der Waals surface area contributed by atoms with Gasteiger partial charge in [0.2, 0.25) is 0 Å². The minimum Gasteiger partial charge on any atom is -0.480 e. The second-order valence-electron chi connectivity index (χ2n) is 5.74. The quantitative estimate of drug-likeness (QED) is 0.768. The summed E-state index contributed by atoms with van der Waals surface area (Å²) >= 11 is 0. The lowest BCUT2D eigenvalue weighted by Gasteiger charge is -2.36. The van der Waals surface area contributed by atoms with E-state index < -0.39 is 12.0 Å². The van der Waals surface area contributed by atoms with Crippen LogP contribution in [-0.4, -0.2) is 47.7 Å². The lowest BCUT2D eigenvalue weighted by atomic mass is 9.96. The molecule has 0 saturated carbocycles. The van der Waals surface area contributed by atoms with Crippen molar-refractivity contribution in [2.75, 3.05) is 13.6 Å². The highest BCUT2D eigenvalue weighted by Crippen LogP contribution is 2.17. The average Bonchev–Trinajstić information content (AvgIpc) is 2.21. The number of nitrogens with zero attached hydrogens (tertiary/aromatic N) is 1. The predicted molar refractivity (Wildman–Crippen MR) is 69.1 cm³/mol. The van der Waals surface area contributed by atoms with Gasteiger partial charge in [-0.1, -0.05) is 13.8 Å². The number of carbonyl (C=O) groups is 1. The van der Waals surface area contributed by atoms with E-state index in [0.29, 0.717) is 24.4 Å². The van der Waals surface area contributed by atoms with Crippen LogP contribution >= 0.6 is 0 Å². The van der Waals surface area contributed by atoms with Crippen LogP contribution in [0.25, 0.3) is 0 Å². The first-order valence-corrected chi connectivity index (χ1v) is 6.59. The molecule has 0 radical (unpaired) electrons. The Morgan fingerprint density at radius 2 is 2.18 bits per heavy atom. The number of aliphatic carboxylic acids is 1. The third kappa shape index (κ3) is 4.64. The Labute approximate surface area is 104 Å². The van der Waals surface area contributed by atoms with E-state index in [1.807, 2.05) is 0 Å². The van der Waals surface area contributed by atoms with Crippen LogP contribution in [-0.2, 0) is 4.79 Å². The summed E-state index contributed by atoms with van der Waals surface area (Å²) in [6.07, 6.45) is 2.79. The summed E-state index contributed by atoms with van der Waals surface area (Å²) in [5, 5.41) is 12.5. The van der Waals surface area contributed by atoms with Gasteiger partial charge < -0.3 is 15.3 Å². The molecular weight excluding hydrogens is 216 g/mol. The summed E-state index contributed by atoms with van der Waals surface area (Å²) in [7, 11) is 2.13. The van der Waals surface area contributed by atoms with Crippen molar-refractivity contribution in [3.63, 3.8) is 0 Å². The van der Waals surface area contributed by atoms with Crippen molar-refractivity contribution in [3.05, 3.63) is 0 Å². The van der Waals surface area contributed by atoms with Crippen molar-refractivity contribution < 1.29 is 9.90 Å². The number of hydrogen-bond acceptors (Lipinski definition) is 3. The van der Waals surface area contributed by atoms with Gasteiger partial charge in [-0.15, -0.1) is 0 Å². The Bertz CT molecular complexity index is 256. The van der Waals surface area contributed by atoms with Crippen molar-refractivity contribution in [2.45, 2.75) is 58.2 Å². The third-order valence-corrected chi connectivity index (χ3v) is 3.65. The van der Waals surface area contributed by atoms with Crippen LogP contribution in [0.3, 0.4) is 0 Å². The highest BCUT2D eigenvalue weighted by molar-refractivity contribution is 5.73. The molecule has 4 nitrogen and oxygen atoms in total. The summed E-state index contributed by atoms with van der Waals surface area (Å²) in [6.45, 7) is 7.38. The fourth-order valence-electron chi connectivity index (χ4n) is 2.44. The molecule has 1 fully saturated rings. The Kier molecular flexibility index (Phi) is 5.40. The minimum atomic E-state index is -0.717. The zero-order valence-electron chi connectivity index (χ0n) is 11.4. The third-order valence-electron chi connectivity index (χ3n) is 3.65. The number of piperidine rings is 1. The van der Waals surface area contributed by atoms with E-state index in [4.69, 9.17) is 0 Å². The van der Waals surface area contributed by atoms with Gasteiger partial charge in [-0.3, -0.25) is 4.79 Å². The molecule has 0 aromatic carbocycles. The first-order chi connectivity index (χ1) is 7.90. The second-order valence-corrected chi connectivity index (χ2v) is 5.74. The molecule has 1 aliphatic heterocycles. The molecule has 3 unspecified atom stereocenters. The van der Waals surface area contributed by atoms with E-state index in [2.05, 4.69) is 38.0 Å². The number of rotatable bonds is 5. The Morgan fingerprint density at radius 1 is 1.53 bits per heavy atom. The average molecular weight is 242 g/mol. The molecular formula is C13H26N2O2. The van der Waals surface area contributed by atoms with E-state index in [9.17, 15) is 9.90 Å². The number of likely N-dealkylation sites (tertiary alicyclic amines) is 1. The lowest BCUT2D eigenvalue weighted by molar-refractivity contribution is -0.140. The molecule has 0 bridgehead atoms. The molecule has 0 spiro atoms. The van der Waals surface area contributed by atoms with Crippen molar-refractivity contribution in [2.24, 2.45) is 5.92 Å². The molecule has 17 heavy (non-hydrogen) atoms. The molecule has 0 aromatic rings. The number of carboxylic acid groups (broad SMARTS) is 1. The molecule has 1 heterocycles. The first kappa shape index (κ1) is 14.5. The van der Waals surface area contributed by atoms with Crippen molar-refractivity contribution in [1.29, 1.82) is 0 Å². The molecule has 0 aliphatic carbocycles. The second kappa shape index (κ2) is 6.36. The van der Waals surface area contributed by atoms with Gasteiger partial charge in [0.15, 0.2) is 0 Å². The summed E-state index contributed by atoms with van der Waals surface area (Å²) < 4.78 is 0. The summed E-state index contributed by atoms with van der Waals surface area (Å²) in [4.78, 5) is 13.5. The van der Waals surface area contributed by atoms with Crippen molar-refractivity contribution in [1.82, 2.24) is 10.2 Å². The maximum absolute atomic E-state index is 11.2. The van der Waals surface area contributed by atoms with Gasteiger partial charge in [-0.2, -0.15) is 0 Å². The number of hydrogen-bond donors (Lipinski definition) is 2. The molecule has 3 atom stereocenters. The van der Waals surface area contributed by atoms with Crippen molar-refractivity contribution >= 4 is 5.97 Å². The molecule has 4 heteroatoms. The van der Waals surface area contributed by atoms with Gasteiger partial charge >= 0.3 is 5.97 Å². The molecule has 0 amide bonds. The maximum atomic E-state index is 11.2. The number of nitrogens with one attached hydrogen (secondary N) is 1. The van der Waals surface area contributed by atoms with Gasteiger partial charge in [0.1, 0.15) is 6.04 Å². The van der Waals surface area contributed by atoms with E-state index in [1.54, 1.807) is 0 Å². The van der Waals surface area contributed by atoms with Gasteiger partial charge in [-0.05, 0) is 45.7 Å². The zero-order valence-corrected chi connectivity index (χ0v) is 11.4. The first-order valence-electron chi connectivity index (χ1n) is 6.59. The van der Waals surface area contributed by atoms with Gasteiger partial charge in [0.25, 0.3) is 0 Å². The van der Waals surface area contributed by atoms with Crippen LogP contribution in [0.2, 0.25) is 0 Å². The number of carboxylic acids is 1. The maximum Gasteiger partial charge on any atom is 0.320 e. The van der Waals surface area contributed by atoms with Crippen LogP contribution in [0.5, 0.6) is 0 Å². The molecule has 100 valence electrons. The highest BCUT2D eigenvalue weighted by Gasteiger charge is 2.27. The fourth-order valence-corrected chi connectivity index (χ4v) is 2.44. The predicted octanol–water partition coefficient (Wildman–Crippen LogP) is 1.56. The smallest absolute Gasteiger partial charge is 0.320 e. The standard InChI is InChI=1S/C13H26N2O2/c1-9(2)7-12(13(16)17)14-11-5-6-15(4)10(3)8-11/h9-12,14H,5-8H2,1-4H3,(H,16,17). The van der Waals surface area contributed by atoms with Crippen LogP contribution in [0.4, 0.5) is 0 Å². The normalized spacial score (nSPS) is 28.3. The molecule has 0 aromatic heterocycles. The molecule has 1 saturated heterocycles. The van der Waals surface area contributed by atoms with Crippen LogP contribution in [0, 0.1) is 5.92 Å². The Balaban J connectivity index is 2.47. The largest absolute Gasteiger partial charge is 0.480 e.